The van der Waals surface area contributed by atoms with E-state index in [1.165, 1.54) is 12.1 Å². The van der Waals surface area contributed by atoms with Crippen LogP contribution in [0.1, 0.15) is 49.4 Å². The molecule has 4 atom stereocenters. The van der Waals surface area contributed by atoms with Crippen molar-refractivity contribution in [2.75, 3.05) is 18.0 Å². The van der Waals surface area contributed by atoms with E-state index in [2.05, 4.69) is 10.6 Å². The Kier molecular flexibility index (Phi) is 10.9. The summed E-state index contributed by atoms with van der Waals surface area (Å²) < 4.78 is 38.6. The molecule has 1 heterocycles. The molecule has 0 spiro atoms. The number of amides is 2. The minimum Gasteiger partial charge on any atom is -0.447 e. The standard InChI is InChI=1S/C32H37F2N3O5/c1-3-21(2)42-31(39)36-28(17-23-15-24(33)18-25(34)16-23)30(38)19-35-27-13-14-37(29-12-8-7-11-26(27)29)32(40)41-20-22-9-5-4-6-10-22/h4-12,15-16,18,21,27-28,30,35,38H,3,13-14,17,19-20H2,1-2H3,(H,36,39)/t21?,27?,28-,30+/m0/s1. The van der Waals surface area contributed by atoms with Crippen LogP contribution in [0.25, 0.3) is 0 Å². The van der Waals surface area contributed by atoms with Crippen molar-refractivity contribution in [3.8, 4) is 0 Å². The molecule has 0 aromatic heterocycles. The van der Waals surface area contributed by atoms with Crippen LogP contribution < -0.4 is 15.5 Å². The highest BCUT2D eigenvalue weighted by Crippen LogP contribution is 2.34. The molecule has 2 unspecified atom stereocenters. The van der Waals surface area contributed by atoms with Crippen molar-refractivity contribution in [3.05, 3.63) is 101 Å². The molecule has 0 saturated carbocycles. The van der Waals surface area contributed by atoms with Crippen LogP contribution in [0.5, 0.6) is 0 Å². The second kappa shape index (κ2) is 14.7. The van der Waals surface area contributed by atoms with Gasteiger partial charge in [-0.2, -0.15) is 0 Å². The average Bonchev–Trinajstić information content (AvgIpc) is 2.98. The number of benzene rings is 3. The van der Waals surface area contributed by atoms with Crippen molar-refractivity contribution in [2.24, 2.45) is 0 Å². The highest BCUT2D eigenvalue weighted by Gasteiger charge is 2.31. The van der Waals surface area contributed by atoms with Gasteiger partial charge in [-0.3, -0.25) is 4.90 Å². The molecular formula is C32H37F2N3O5. The van der Waals surface area contributed by atoms with Gasteiger partial charge in [0.2, 0.25) is 0 Å². The van der Waals surface area contributed by atoms with Crippen LogP contribution in [-0.2, 0) is 22.5 Å². The van der Waals surface area contributed by atoms with Crippen molar-refractivity contribution in [1.29, 1.82) is 0 Å². The third kappa shape index (κ3) is 8.50. The number of para-hydroxylation sites is 1. The van der Waals surface area contributed by atoms with Gasteiger partial charge in [0, 0.05) is 25.2 Å². The molecule has 0 aliphatic carbocycles. The van der Waals surface area contributed by atoms with Crippen LogP contribution >= 0.6 is 0 Å². The predicted octanol–water partition coefficient (Wildman–Crippen LogP) is 5.64. The van der Waals surface area contributed by atoms with E-state index in [-0.39, 0.29) is 37.3 Å². The van der Waals surface area contributed by atoms with Gasteiger partial charge in [0.15, 0.2) is 0 Å². The molecular weight excluding hydrogens is 544 g/mol. The van der Waals surface area contributed by atoms with Gasteiger partial charge < -0.3 is 25.2 Å². The lowest BCUT2D eigenvalue weighted by atomic mass is 9.95. The molecule has 1 aliphatic rings. The van der Waals surface area contributed by atoms with E-state index in [1.54, 1.807) is 11.8 Å². The molecule has 4 rings (SSSR count). The van der Waals surface area contributed by atoms with Crippen molar-refractivity contribution >= 4 is 17.9 Å². The topological polar surface area (TPSA) is 100 Å². The number of anilines is 1. The number of aliphatic hydroxyl groups excluding tert-OH is 1. The normalized spacial score (nSPS) is 16.6. The van der Waals surface area contributed by atoms with Crippen molar-refractivity contribution < 1.29 is 33.0 Å². The van der Waals surface area contributed by atoms with E-state index < -0.39 is 36.0 Å². The average molecular weight is 582 g/mol. The fourth-order valence-electron chi connectivity index (χ4n) is 4.88. The van der Waals surface area contributed by atoms with Crippen molar-refractivity contribution in [1.82, 2.24) is 10.6 Å². The van der Waals surface area contributed by atoms with Crippen molar-refractivity contribution in [2.45, 2.75) is 64.0 Å². The number of hydrogen-bond acceptors (Lipinski definition) is 6. The minimum atomic E-state index is -1.12. The summed E-state index contributed by atoms with van der Waals surface area (Å²) >= 11 is 0. The zero-order chi connectivity index (χ0) is 30.1. The summed E-state index contributed by atoms with van der Waals surface area (Å²) in [6, 6.07) is 18.9. The summed E-state index contributed by atoms with van der Waals surface area (Å²) in [5.41, 5.74) is 2.74. The number of alkyl carbamates (subject to hydrolysis) is 1. The zero-order valence-electron chi connectivity index (χ0n) is 23.8. The van der Waals surface area contributed by atoms with Crippen molar-refractivity contribution in [3.63, 3.8) is 0 Å². The predicted molar refractivity (Wildman–Crippen MR) is 155 cm³/mol. The fraction of sp³-hybridized carbons (Fsp3) is 0.375. The number of hydrogen-bond donors (Lipinski definition) is 3. The Morgan fingerprint density at radius 3 is 2.43 bits per heavy atom. The Hall–Kier alpha value is -4.02. The van der Waals surface area contributed by atoms with E-state index in [1.807, 2.05) is 61.5 Å². The van der Waals surface area contributed by atoms with Gasteiger partial charge in [-0.1, -0.05) is 55.5 Å². The molecule has 3 aromatic carbocycles. The highest BCUT2D eigenvalue weighted by atomic mass is 19.1. The Balaban J connectivity index is 1.42. The summed E-state index contributed by atoms with van der Waals surface area (Å²) in [5.74, 6) is -1.49. The molecule has 0 bridgehead atoms. The van der Waals surface area contributed by atoms with E-state index >= 15 is 0 Å². The second-order valence-corrected chi connectivity index (χ2v) is 10.4. The number of nitrogens with zero attached hydrogens (tertiary/aromatic N) is 1. The maximum atomic E-state index is 13.9. The number of ether oxygens (including phenoxy) is 2. The van der Waals surface area contributed by atoms with E-state index in [4.69, 9.17) is 9.47 Å². The maximum absolute atomic E-state index is 13.9. The molecule has 3 aromatic rings. The summed E-state index contributed by atoms with van der Waals surface area (Å²) in [5, 5.41) is 17.1. The zero-order valence-corrected chi connectivity index (χ0v) is 23.8. The Morgan fingerprint density at radius 2 is 1.71 bits per heavy atom. The molecule has 2 amide bonds. The fourth-order valence-corrected chi connectivity index (χ4v) is 4.88. The molecule has 1 aliphatic heterocycles. The first-order chi connectivity index (χ1) is 20.2. The van der Waals surface area contributed by atoms with Crippen LogP contribution in [0.3, 0.4) is 0 Å². The van der Waals surface area contributed by atoms with E-state index in [9.17, 15) is 23.5 Å². The third-order valence-corrected chi connectivity index (χ3v) is 7.27. The van der Waals surface area contributed by atoms with Crippen LogP contribution in [0.4, 0.5) is 24.1 Å². The largest absolute Gasteiger partial charge is 0.447 e. The molecule has 224 valence electrons. The van der Waals surface area contributed by atoms with Gasteiger partial charge in [-0.15, -0.1) is 0 Å². The third-order valence-electron chi connectivity index (χ3n) is 7.27. The Labute approximate surface area is 244 Å². The molecule has 42 heavy (non-hydrogen) atoms. The number of rotatable bonds is 11. The summed E-state index contributed by atoms with van der Waals surface area (Å²) in [4.78, 5) is 27.1. The van der Waals surface area contributed by atoms with Crippen LogP contribution in [0.15, 0.2) is 72.8 Å². The van der Waals surface area contributed by atoms with Gasteiger partial charge >= 0.3 is 12.2 Å². The lowest BCUT2D eigenvalue weighted by Gasteiger charge is -2.35. The Bertz CT molecular complexity index is 1320. The SMILES string of the molecule is CCC(C)OC(=O)N[C@@H](Cc1cc(F)cc(F)c1)[C@H](O)CNC1CCN(C(=O)OCc2ccccc2)c2ccccc21. The first-order valence-corrected chi connectivity index (χ1v) is 14.1. The molecule has 8 nitrogen and oxygen atoms in total. The monoisotopic (exact) mass is 581 g/mol. The lowest BCUT2D eigenvalue weighted by molar-refractivity contribution is 0.0810. The molecule has 0 fully saturated rings. The number of carbonyl (C=O) groups excluding carboxylic acids is 2. The molecule has 10 heteroatoms. The van der Waals surface area contributed by atoms with Crippen LogP contribution in [0.2, 0.25) is 0 Å². The number of aliphatic hydroxyl groups is 1. The molecule has 3 N–H and O–H groups in total. The van der Waals surface area contributed by atoms with E-state index in [0.29, 0.717) is 25.1 Å². The van der Waals surface area contributed by atoms with Gasteiger partial charge in [-0.05, 0) is 61.1 Å². The van der Waals surface area contributed by atoms with Gasteiger partial charge in [0.05, 0.1) is 17.8 Å². The smallest absolute Gasteiger partial charge is 0.414 e. The minimum absolute atomic E-state index is 0.0184. The highest BCUT2D eigenvalue weighted by molar-refractivity contribution is 5.89. The van der Waals surface area contributed by atoms with Crippen LogP contribution in [-0.4, -0.2) is 48.6 Å². The number of carbonyl (C=O) groups is 2. The van der Waals surface area contributed by atoms with Gasteiger partial charge in [0.1, 0.15) is 24.3 Å². The maximum Gasteiger partial charge on any atom is 0.414 e. The van der Waals surface area contributed by atoms with Gasteiger partial charge in [-0.25, -0.2) is 18.4 Å². The van der Waals surface area contributed by atoms with Crippen LogP contribution in [0, 0.1) is 11.6 Å². The summed E-state index contributed by atoms with van der Waals surface area (Å²) in [6.45, 7) is 4.23. The number of halogens is 2. The summed E-state index contributed by atoms with van der Waals surface area (Å²) in [6.07, 6.45) is -1.50. The second-order valence-electron chi connectivity index (χ2n) is 10.4. The number of fused-ring (bicyclic) bond motifs is 1. The first-order valence-electron chi connectivity index (χ1n) is 14.1. The Morgan fingerprint density at radius 1 is 1.02 bits per heavy atom. The first kappa shape index (κ1) is 30.9. The lowest BCUT2D eigenvalue weighted by Crippen LogP contribution is -2.50. The van der Waals surface area contributed by atoms with E-state index in [0.717, 1.165) is 17.2 Å². The quantitative estimate of drug-likeness (QED) is 0.271. The number of nitrogens with one attached hydrogen (secondary N) is 2. The summed E-state index contributed by atoms with van der Waals surface area (Å²) in [7, 11) is 0. The van der Waals surface area contributed by atoms with Gasteiger partial charge in [0.25, 0.3) is 0 Å². The molecule has 0 saturated heterocycles. The molecule has 0 radical (unpaired) electrons.